The lowest BCUT2D eigenvalue weighted by molar-refractivity contribution is -0.126. The van der Waals surface area contributed by atoms with Crippen LogP contribution in [0.4, 0.5) is 0 Å². The number of nitrogens with zero attached hydrogens (tertiary/aromatic N) is 1. The van der Waals surface area contributed by atoms with E-state index in [2.05, 4.69) is 13.2 Å². The monoisotopic (exact) mass is 203 g/mol. The van der Waals surface area contributed by atoms with Crippen LogP contribution >= 0.6 is 11.1 Å². The Balaban J connectivity index is 4.30. The van der Waals surface area contributed by atoms with E-state index in [1.807, 2.05) is 0 Å². The van der Waals surface area contributed by atoms with Gasteiger partial charge >= 0.3 is 0 Å². The highest BCUT2D eigenvalue weighted by atomic mass is 35.6. The number of carbonyl (C=O) groups is 1. The Morgan fingerprint density at radius 1 is 1.58 bits per heavy atom. The van der Waals surface area contributed by atoms with E-state index in [-0.39, 0.29) is 5.91 Å². The van der Waals surface area contributed by atoms with Crippen LogP contribution in [-0.2, 0) is 4.79 Å². The van der Waals surface area contributed by atoms with Crippen molar-refractivity contribution >= 4 is 24.4 Å². The first-order valence-corrected chi connectivity index (χ1v) is 7.00. The molecule has 0 heterocycles. The fourth-order valence-electron chi connectivity index (χ4n) is 0.687. The van der Waals surface area contributed by atoms with E-state index >= 15 is 0 Å². The lowest BCUT2D eigenvalue weighted by atomic mass is 10.6. The van der Waals surface area contributed by atoms with Crippen molar-refractivity contribution in [1.82, 2.24) is 4.90 Å². The summed E-state index contributed by atoms with van der Waals surface area (Å²) in [4.78, 5) is 12.5. The molecule has 0 atom stereocenters. The minimum Gasteiger partial charge on any atom is -0.347 e. The maximum absolute atomic E-state index is 10.9. The van der Waals surface area contributed by atoms with Crippen molar-refractivity contribution in [3.8, 4) is 0 Å². The van der Waals surface area contributed by atoms with Gasteiger partial charge in [0.2, 0.25) is 13.3 Å². The lowest BCUT2D eigenvalue weighted by Gasteiger charge is -2.22. The average Bonchev–Trinajstić information content (AvgIpc) is 2.04. The van der Waals surface area contributed by atoms with Gasteiger partial charge in [0, 0.05) is 20.1 Å². The van der Waals surface area contributed by atoms with Gasteiger partial charge in [0.15, 0.2) is 0 Å². The van der Waals surface area contributed by atoms with Crippen LogP contribution in [0.1, 0.15) is 6.92 Å². The van der Waals surface area contributed by atoms with Crippen molar-refractivity contribution in [1.29, 1.82) is 0 Å². The Morgan fingerprint density at radius 2 is 2.00 bits per heavy atom. The summed E-state index contributed by atoms with van der Waals surface area (Å²) >= 11 is 6.16. The zero-order valence-corrected chi connectivity index (χ0v) is 9.27. The Labute approximate surface area is 79.2 Å². The smallest absolute Gasteiger partial charge is 0.221 e. The predicted molar refractivity (Wildman–Crippen MR) is 55.3 cm³/mol. The summed E-state index contributed by atoms with van der Waals surface area (Å²) in [5.41, 5.74) is 3.42. The molecule has 1 amide bonds. The number of hydrogen-bond acceptors (Lipinski definition) is 1. The molecule has 68 valence electrons. The topological polar surface area (TPSA) is 20.3 Å². The molecule has 0 aliphatic heterocycles. The van der Waals surface area contributed by atoms with Crippen molar-refractivity contribution in [3.63, 3.8) is 0 Å². The summed E-state index contributed by atoms with van der Waals surface area (Å²) in [5, 5.41) is 0. The van der Waals surface area contributed by atoms with Crippen molar-refractivity contribution < 1.29 is 4.79 Å². The van der Waals surface area contributed by atoms with Crippen LogP contribution in [0.3, 0.4) is 0 Å². The van der Waals surface area contributed by atoms with Gasteiger partial charge in [-0.2, -0.15) is 11.1 Å². The first-order valence-electron chi connectivity index (χ1n) is 3.63. The number of halogens is 1. The van der Waals surface area contributed by atoms with Gasteiger partial charge in [0.25, 0.3) is 0 Å². The molecule has 0 aliphatic rings. The molecule has 0 unspecified atom stereocenters. The van der Waals surface area contributed by atoms with Gasteiger partial charge in [-0.25, -0.2) is 0 Å². The molecule has 0 aromatic heterocycles. The quantitative estimate of drug-likeness (QED) is 0.503. The molecular formula is C8H14ClNOSi. The molecule has 0 saturated heterocycles. The lowest BCUT2D eigenvalue weighted by Crippen LogP contribution is -2.40. The van der Waals surface area contributed by atoms with Crippen molar-refractivity contribution in [2.24, 2.45) is 0 Å². The van der Waals surface area contributed by atoms with Crippen LogP contribution in [-0.4, -0.2) is 31.4 Å². The normalized spacial score (nSPS) is 10.6. The summed E-state index contributed by atoms with van der Waals surface area (Å²) in [6.45, 7) is 8.78. The molecular weight excluding hydrogens is 190 g/mol. The Bertz CT molecular complexity index is 197. The molecule has 0 bridgehead atoms. The minimum absolute atomic E-state index is 0.0104. The molecule has 0 saturated carbocycles. The Hall–Kier alpha value is -0.543. The molecule has 0 aromatic rings. The minimum atomic E-state index is -2.12. The second-order valence-electron chi connectivity index (χ2n) is 2.71. The summed E-state index contributed by atoms with van der Waals surface area (Å²) in [6.07, 6.45) is 0.539. The van der Waals surface area contributed by atoms with Crippen LogP contribution in [0.25, 0.3) is 0 Å². The molecule has 0 fully saturated rings. The van der Waals surface area contributed by atoms with Crippen molar-refractivity contribution in [2.75, 3.05) is 13.2 Å². The Morgan fingerprint density at radius 3 is 2.25 bits per heavy atom. The zero-order valence-electron chi connectivity index (χ0n) is 7.51. The van der Waals surface area contributed by atoms with Crippen molar-refractivity contribution in [3.05, 3.63) is 24.6 Å². The predicted octanol–water partition coefficient (Wildman–Crippen LogP) is 1.64. The van der Waals surface area contributed by atoms with Crippen LogP contribution in [0.15, 0.2) is 24.6 Å². The van der Waals surface area contributed by atoms with Crippen LogP contribution < -0.4 is 0 Å². The molecule has 2 nitrogen and oxygen atoms in total. The number of carbonyl (C=O) groups excluding carboxylic acids is 1. The van der Waals surface area contributed by atoms with E-state index in [0.29, 0.717) is 6.17 Å². The number of amides is 1. The zero-order chi connectivity index (χ0) is 9.78. The average molecular weight is 204 g/mol. The maximum atomic E-state index is 10.9. The largest absolute Gasteiger partial charge is 0.347 e. The third-order valence-corrected chi connectivity index (χ3v) is 5.30. The van der Waals surface area contributed by atoms with Gasteiger partial charge in [-0.3, -0.25) is 4.79 Å². The highest BCUT2D eigenvalue weighted by molar-refractivity contribution is 7.26. The summed E-state index contributed by atoms with van der Waals surface area (Å²) in [7, 11) is -0.396. The van der Waals surface area contributed by atoms with E-state index < -0.39 is 7.38 Å². The maximum Gasteiger partial charge on any atom is 0.221 e. The highest BCUT2D eigenvalue weighted by Gasteiger charge is 2.25. The van der Waals surface area contributed by atoms with Gasteiger partial charge in [0.1, 0.15) is 0 Å². The molecule has 0 rings (SSSR count). The second kappa shape index (κ2) is 4.47. The fourth-order valence-corrected chi connectivity index (χ4v) is 2.60. The summed E-state index contributed by atoms with van der Waals surface area (Å²) < 4.78 is 0. The van der Waals surface area contributed by atoms with Crippen LogP contribution in [0, 0.1) is 0 Å². The van der Waals surface area contributed by atoms with Gasteiger partial charge in [-0.15, -0.1) is 13.2 Å². The SMILES string of the molecule is C=C[Si](Cl)(C=C)CN(C)C(C)=O. The van der Waals surface area contributed by atoms with Crippen LogP contribution in [0.5, 0.6) is 0 Å². The van der Waals surface area contributed by atoms with E-state index in [4.69, 9.17) is 11.1 Å². The second-order valence-corrected chi connectivity index (χ2v) is 7.81. The summed E-state index contributed by atoms with van der Waals surface area (Å²) in [5.74, 6) is 0.0104. The van der Waals surface area contributed by atoms with Crippen LogP contribution in [0.2, 0.25) is 0 Å². The van der Waals surface area contributed by atoms with Gasteiger partial charge in [-0.05, 0) is 0 Å². The molecule has 4 heteroatoms. The first kappa shape index (κ1) is 11.5. The van der Waals surface area contributed by atoms with E-state index in [0.717, 1.165) is 0 Å². The van der Waals surface area contributed by atoms with Gasteiger partial charge < -0.3 is 4.90 Å². The summed E-state index contributed by atoms with van der Waals surface area (Å²) in [6, 6.07) is 0. The highest BCUT2D eigenvalue weighted by Crippen LogP contribution is 2.12. The standard InChI is InChI=1S/C8H14ClNOSi/c1-5-12(9,6-2)7-10(4)8(3)11/h5-6H,1-2,7H2,3-4H3. The number of hydrogen-bond donors (Lipinski definition) is 0. The molecule has 0 spiro atoms. The van der Waals surface area contributed by atoms with Gasteiger partial charge in [-0.1, -0.05) is 11.4 Å². The number of rotatable bonds is 4. The fraction of sp³-hybridized carbons (Fsp3) is 0.375. The Kier molecular flexibility index (Phi) is 4.27. The van der Waals surface area contributed by atoms with E-state index in [1.165, 1.54) is 6.92 Å². The molecule has 12 heavy (non-hydrogen) atoms. The first-order chi connectivity index (χ1) is 5.45. The molecule has 0 radical (unpaired) electrons. The molecule has 0 aliphatic carbocycles. The van der Waals surface area contributed by atoms with Crippen molar-refractivity contribution in [2.45, 2.75) is 6.92 Å². The van der Waals surface area contributed by atoms with E-state index in [9.17, 15) is 4.79 Å². The molecule has 0 aromatic carbocycles. The third-order valence-electron chi connectivity index (χ3n) is 1.70. The van der Waals surface area contributed by atoms with E-state index in [1.54, 1.807) is 23.3 Å². The molecule has 0 N–H and O–H groups in total. The third kappa shape index (κ3) is 3.24. The van der Waals surface area contributed by atoms with Gasteiger partial charge in [0.05, 0.1) is 0 Å².